The second-order valence-electron chi connectivity index (χ2n) is 4.17. The molecule has 2 atom stereocenters. The maximum Gasteiger partial charge on any atom is 0.0577 e. The van der Waals surface area contributed by atoms with Crippen molar-refractivity contribution < 1.29 is 5.11 Å². The number of hydrogen-bond acceptors (Lipinski definition) is 2. The van der Waals surface area contributed by atoms with Gasteiger partial charge in [0, 0.05) is 0 Å². The molecule has 0 fully saturated rings. The van der Waals surface area contributed by atoms with Crippen LogP contribution in [0.2, 0.25) is 0 Å². The van der Waals surface area contributed by atoms with E-state index < -0.39 is 0 Å². The number of unbranched alkanes of at least 4 members (excludes halogenated alkanes) is 4. The van der Waals surface area contributed by atoms with Crippen molar-refractivity contribution in [2.45, 2.75) is 64.9 Å². The number of aliphatic hydroxyl groups is 1. The van der Waals surface area contributed by atoms with Crippen molar-refractivity contribution in [3.05, 3.63) is 0 Å². The first-order valence-electron chi connectivity index (χ1n) is 6.14. The van der Waals surface area contributed by atoms with Crippen molar-refractivity contribution in [3.8, 4) is 0 Å². The van der Waals surface area contributed by atoms with Crippen LogP contribution < -0.4 is 5.73 Å². The predicted octanol–water partition coefficient (Wildman–Crippen LogP) is 2.69. The van der Waals surface area contributed by atoms with E-state index in [0.29, 0.717) is 12.5 Å². The molecule has 0 saturated carbocycles. The lowest BCUT2D eigenvalue weighted by molar-refractivity contribution is 0.101. The summed E-state index contributed by atoms with van der Waals surface area (Å²) in [4.78, 5) is 0. The Kier molecular flexibility index (Phi) is 9.42. The largest absolute Gasteiger partial charge is 0.393 e. The first kappa shape index (κ1) is 13.9. The normalized spacial score (nSPS) is 15.4. The number of rotatable bonds is 9. The van der Waals surface area contributed by atoms with Gasteiger partial charge in [0.25, 0.3) is 0 Å². The Labute approximate surface area is 88.9 Å². The summed E-state index contributed by atoms with van der Waals surface area (Å²) in [5.74, 6) is 0.321. The van der Waals surface area contributed by atoms with Gasteiger partial charge in [-0.2, -0.15) is 0 Å². The lowest BCUT2D eigenvalue weighted by atomic mass is 9.94. The summed E-state index contributed by atoms with van der Waals surface area (Å²) in [6.45, 7) is 4.87. The molecule has 1 unspecified atom stereocenters. The SMILES string of the molecule is CCCCCCC[C@@H](CN)C(O)CC. The predicted molar refractivity (Wildman–Crippen MR) is 62.2 cm³/mol. The molecule has 86 valence electrons. The number of hydrogen-bond donors (Lipinski definition) is 2. The van der Waals surface area contributed by atoms with E-state index in [1.165, 1.54) is 32.1 Å². The third-order valence-electron chi connectivity index (χ3n) is 2.94. The molecule has 3 N–H and O–H groups in total. The van der Waals surface area contributed by atoms with E-state index >= 15 is 0 Å². The van der Waals surface area contributed by atoms with Crippen molar-refractivity contribution in [1.29, 1.82) is 0 Å². The Bertz CT molecular complexity index is 117. The Morgan fingerprint density at radius 1 is 1.07 bits per heavy atom. The third-order valence-corrected chi connectivity index (χ3v) is 2.94. The van der Waals surface area contributed by atoms with Gasteiger partial charge in [-0.25, -0.2) is 0 Å². The van der Waals surface area contributed by atoms with Crippen LogP contribution in [-0.2, 0) is 0 Å². The molecule has 0 amide bonds. The zero-order valence-electron chi connectivity index (χ0n) is 9.84. The highest BCUT2D eigenvalue weighted by atomic mass is 16.3. The molecule has 0 spiro atoms. The second-order valence-corrected chi connectivity index (χ2v) is 4.17. The Morgan fingerprint density at radius 2 is 1.71 bits per heavy atom. The van der Waals surface area contributed by atoms with Gasteiger partial charge >= 0.3 is 0 Å². The minimum absolute atomic E-state index is 0.189. The van der Waals surface area contributed by atoms with E-state index in [0.717, 1.165) is 12.8 Å². The van der Waals surface area contributed by atoms with Crippen LogP contribution in [-0.4, -0.2) is 17.8 Å². The maximum absolute atomic E-state index is 9.64. The van der Waals surface area contributed by atoms with Crippen LogP contribution in [0.5, 0.6) is 0 Å². The van der Waals surface area contributed by atoms with Crippen molar-refractivity contribution in [1.82, 2.24) is 0 Å². The molecular formula is C12H27NO. The van der Waals surface area contributed by atoms with Gasteiger partial charge in [0.1, 0.15) is 0 Å². The highest BCUT2D eigenvalue weighted by Crippen LogP contribution is 2.15. The van der Waals surface area contributed by atoms with Crippen molar-refractivity contribution in [2.24, 2.45) is 11.7 Å². The molecule has 0 radical (unpaired) electrons. The van der Waals surface area contributed by atoms with Crippen molar-refractivity contribution in [2.75, 3.05) is 6.54 Å². The third kappa shape index (κ3) is 6.39. The molecule has 0 aromatic rings. The van der Waals surface area contributed by atoms with Gasteiger partial charge in [-0.3, -0.25) is 0 Å². The summed E-state index contributed by atoms with van der Waals surface area (Å²) >= 11 is 0. The molecule has 0 heterocycles. The van der Waals surface area contributed by atoms with Gasteiger partial charge in [-0.1, -0.05) is 46.0 Å². The van der Waals surface area contributed by atoms with E-state index in [1.807, 2.05) is 6.92 Å². The highest BCUT2D eigenvalue weighted by Gasteiger charge is 2.14. The van der Waals surface area contributed by atoms with E-state index in [-0.39, 0.29) is 6.10 Å². The maximum atomic E-state index is 9.64. The van der Waals surface area contributed by atoms with Crippen LogP contribution in [0.3, 0.4) is 0 Å². The summed E-state index contributed by atoms with van der Waals surface area (Å²) in [7, 11) is 0. The first-order valence-corrected chi connectivity index (χ1v) is 6.14. The van der Waals surface area contributed by atoms with E-state index in [1.54, 1.807) is 0 Å². The number of nitrogens with two attached hydrogens (primary N) is 1. The molecule has 0 saturated heterocycles. The minimum atomic E-state index is -0.189. The topological polar surface area (TPSA) is 46.2 Å². The smallest absolute Gasteiger partial charge is 0.0577 e. The Morgan fingerprint density at radius 3 is 2.21 bits per heavy atom. The molecule has 14 heavy (non-hydrogen) atoms. The van der Waals surface area contributed by atoms with Crippen LogP contribution >= 0.6 is 0 Å². The Balaban J connectivity index is 3.42. The van der Waals surface area contributed by atoms with E-state index in [9.17, 15) is 5.11 Å². The molecule has 0 aromatic heterocycles. The lowest BCUT2D eigenvalue weighted by Crippen LogP contribution is -2.27. The summed E-state index contributed by atoms with van der Waals surface area (Å²) < 4.78 is 0. The number of aliphatic hydroxyl groups excluding tert-OH is 1. The molecule has 0 rings (SSSR count). The van der Waals surface area contributed by atoms with Gasteiger partial charge in [0.2, 0.25) is 0 Å². The standard InChI is InChI=1S/C12H27NO/c1-3-5-6-7-8-9-11(10-13)12(14)4-2/h11-12,14H,3-10,13H2,1-2H3/t11-,12?/m0/s1. The molecule has 0 aliphatic carbocycles. The highest BCUT2D eigenvalue weighted by molar-refractivity contribution is 4.68. The molecule has 0 bridgehead atoms. The van der Waals surface area contributed by atoms with Gasteiger partial charge in [-0.05, 0) is 25.3 Å². The van der Waals surface area contributed by atoms with E-state index in [2.05, 4.69) is 6.92 Å². The fourth-order valence-corrected chi connectivity index (χ4v) is 1.81. The first-order chi connectivity index (χ1) is 6.76. The van der Waals surface area contributed by atoms with Crippen LogP contribution in [0.25, 0.3) is 0 Å². The van der Waals surface area contributed by atoms with Crippen LogP contribution in [0.4, 0.5) is 0 Å². The molecule has 0 aliphatic heterocycles. The van der Waals surface area contributed by atoms with Gasteiger partial charge < -0.3 is 10.8 Å². The zero-order chi connectivity index (χ0) is 10.8. The average molecular weight is 201 g/mol. The van der Waals surface area contributed by atoms with Gasteiger partial charge in [0.15, 0.2) is 0 Å². The monoisotopic (exact) mass is 201 g/mol. The second kappa shape index (κ2) is 9.47. The quantitative estimate of drug-likeness (QED) is 0.563. The molecule has 2 heteroatoms. The minimum Gasteiger partial charge on any atom is -0.393 e. The van der Waals surface area contributed by atoms with Crippen molar-refractivity contribution in [3.63, 3.8) is 0 Å². The molecular weight excluding hydrogens is 174 g/mol. The summed E-state index contributed by atoms with van der Waals surface area (Å²) in [6, 6.07) is 0. The fourth-order valence-electron chi connectivity index (χ4n) is 1.81. The summed E-state index contributed by atoms with van der Waals surface area (Å²) in [5, 5.41) is 9.64. The zero-order valence-corrected chi connectivity index (χ0v) is 9.84. The molecule has 0 aromatic carbocycles. The van der Waals surface area contributed by atoms with Crippen LogP contribution in [0, 0.1) is 5.92 Å². The van der Waals surface area contributed by atoms with Crippen LogP contribution in [0.1, 0.15) is 58.8 Å². The van der Waals surface area contributed by atoms with E-state index in [4.69, 9.17) is 5.73 Å². The summed E-state index contributed by atoms with van der Waals surface area (Å²) in [5.41, 5.74) is 5.63. The molecule has 2 nitrogen and oxygen atoms in total. The summed E-state index contributed by atoms with van der Waals surface area (Å²) in [6.07, 6.45) is 8.20. The Hall–Kier alpha value is -0.0800. The lowest BCUT2D eigenvalue weighted by Gasteiger charge is -2.19. The fraction of sp³-hybridized carbons (Fsp3) is 1.00. The van der Waals surface area contributed by atoms with Crippen LogP contribution in [0.15, 0.2) is 0 Å². The van der Waals surface area contributed by atoms with Crippen molar-refractivity contribution >= 4 is 0 Å². The molecule has 0 aliphatic rings. The van der Waals surface area contributed by atoms with Gasteiger partial charge in [0.05, 0.1) is 6.10 Å². The van der Waals surface area contributed by atoms with Gasteiger partial charge in [-0.15, -0.1) is 0 Å². The average Bonchev–Trinajstić information content (AvgIpc) is 2.22.